The summed E-state index contributed by atoms with van der Waals surface area (Å²) in [6.07, 6.45) is 24.2. The molecule has 0 bridgehead atoms. The van der Waals surface area contributed by atoms with Crippen LogP contribution in [-0.4, -0.2) is 80.5 Å². The van der Waals surface area contributed by atoms with Gasteiger partial charge in [-0.05, 0) is 31.6 Å². The Hall–Kier alpha value is -1.66. The van der Waals surface area contributed by atoms with E-state index in [1.165, 1.54) is 77.0 Å². The van der Waals surface area contributed by atoms with Gasteiger partial charge in [0.15, 0.2) is 6.10 Å². The standard InChI is InChI=1S/C44H81O12P/c1-4-6-19-25-36(45)29-30-39-40(42(48)32-41(39)47)31-37(46)26-22-23-27-43(49)54-33-38(34-55-57(51,52)53)56-44(50)28-21-18-16-14-12-10-8-7-9-11-13-15-17-20-24-35(3)5-2/h29-30,35-36,38-42,45,47-48H,4-28,31-34H2,1-3H3,(H2,51,52,53)/b30-29+/t35?,36-,38+,39+,40+,41+,42-/m0/s1. The second kappa shape index (κ2) is 33.1. The lowest BCUT2D eigenvalue weighted by Crippen LogP contribution is -2.29. The Bertz CT molecular complexity index is 1130. The predicted octanol–water partition coefficient (Wildman–Crippen LogP) is 9.21. The van der Waals surface area contributed by atoms with E-state index in [0.29, 0.717) is 25.7 Å². The summed E-state index contributed by atoms with van der Waals surface area (Å²) in [6, 6.07) is 0. The van der Waals surface area contributed by atoms with Crippen LogP contribution in [0.4, 0.5) is 0 Å². The summed E-state index contributed by atoms with van der Waals surface area (Å²) in [5.74, 6) is -1.29. The van der Waals surface area contributed by atoms with Crippen molar-refractivity contribution in [2.75, 3.05) is 13.2 Å². The van der Waals surface area contributed by atoms with E-state index in [1.54, 1.807) is 12.2 Å². The number of ether oxygens (including phenoxy) is 2. The van der Waals surface area contributed by atoms with Crippen molar-refractivity contribution in [1.29, 1.82) is 0 Å². The van der Waals surface area contributed by atoms with Crippen LogP contribution < -0.4 is 0 Å². The topological polar surface area (TPSA) is 197 Å². The highest BCUT2D eigenvalue weighted by molar-refractivity contribution is 7.46. The number of hydrogen-bond acceptors (Lipinski definition) is 10. The molecule has 0 saturated heterocycles. The normalized spacial score (nSPS) is 20.1. The first kappa shape index (κ1) is 53.4. The van der Waals surface area contributed by atoms with Crippen molar-refractivity contribution in [3.05, 3.63) is 12.2 Å². The number of esters is 2. The molecule has 334 valence electrons. The van der Waals surface area contributed by atoms with E-state index in [1.807, 2.05) is 0 Å². The highest BCUT2D eigenvalue weighted by Gasteiger charge is 2.41. The lowest BCUT2D eigenvalue weighted by atomic mass is 9.87. The van der Waals surface area contributed by atoms with Gasteiger partial charge in [-0.1, -0.05) is 148 Å². The molecule has 1 aliphatic rings. The fourth-order valence-corrected chi connectivity index (χ4v) is 7.82. The summed E-state index contributed by atoms with van der Waals surface area (Å²) in [6.45, 7) is 5.64. The SMILES string of the molecule is CCCCC[C@H](O)/C=C/[C@@H]1[C@@H](CC(=O)CCCCC(=O)OC[C@H](COP(=O)(O)O)OC(=O)CCCCCCCCCCCCCCCCC(C)CC)[C@@H](O)C[C@H]1O. The minimum absolute atomic E-state index is 0.0158. The third kappa shape index (κ3) is 29.2. The maximum atomic E-state index is 12.8. The second-order valence-corrected chi connectivity index (χ2v) is 17.8. The van der Waals surface area contributed by atoms with Crippen LogP contribution in [0.25, 0.3) is 0 Å². The van der Waals surface area contributed by atoms with Crippen LogP contribution in [0.15, 0.2) is 12.2 Å². The largest absolute Gasteiger partial charge is 0.469 e. The molecule has 13 heteroatoms. The van der Waals surface area contributed by atoms with Crippen molar-refractivity contribution in [2.24, 2.45) is 17.8 Å². The highest BCUT2D eigenvalue weighted by atomic mass is 31.2. The van der Waals surface area contributed by atoms with Crippen molar-refractivity contribution >= 4 is 25.5 Å². The van der Waals surface area contributed by atoms with E-state index in [4.69, 9.17) is 19.3 Å². The Morgan fingerprint density at radius 1 is 0.702 bits per heavy atom. The van der Waals surface area contributed by atoms with Crippen LogP contribution in [0.5, 0.6) is 0 Å². The highest BCUT2D eigenvalue weighted by Crippen LogP contribution is 2.37. The van der Waals surface area contributed by atoms with E-state index in [0.717, 1.165) is 44.4 Å². The molecule has 7 atom stereocenters. The van der Waals surface area contributed by atoms with E-state index in [9.17, 15) is 34.3 Å². The lowest BCUT2D eigenvalue weighted by molar-refractivity contribution is -0.161. The van der Waals surface area contributed by atoms with Gasteiger partial charge in [0.2, 0.25) is 0 Å². The molecule has 57 heavy (non-hydrogen) atoms. The van der Waals surface area contributed by atoms with Crippen LogP contribution >= 0.6 is 7.82 Å². The van der Waals surface area contributed by atoms with E-state index in [2.05, 4.69) is 25.3 Å². The Kier molecular flexibility index (Phi) is 31.0. The zero-order valence-electron chi connectivity index (χ0n) is 35.7. The lowest BCUT2D eigenvalue weighted by Gasteiger charge is -2.20. The third-order valence-electron chi connectivity index (χ3n) is 11.3. The molecule has 5 N–H and O–H groups in total. The minimum Gasteiger partial charge on any atom is -0.462 e. The molecule has 0 aromatic carbocycles. The van der Waals surface area contributed by atoms with Crippen LogP contribution in [0.1, 0.15) is 194 Å². The van der Waals surface area contributed by atoms with E-state index < -0.39 is 69.2 Å². The molecule has 1 unspecified atom stereocenters. The number of Topliss-reactive ketones (excluding diaryl/α,β-unsaturated/α-hetero) is 1. The van der Waals surface area contributed by atoms with Gasteiger partial charge in [0.05, 0.1) is 24.9 Å². The molecule has 0 aromatic rings. The van der Waals surface area contributed by atoms with Gasteiger partial charge in [-0.2, -0.15) is 0 Å². The van der Waals surface area contributed by atoms with Crippen molar-refractivity contribution in [3.63, 3.8) is 0 Å². The zero-order chi connectivity index (χ0) is 42.3. The van der Waals surface area contributed by atoms with Gasteiger partial charge in [-0.3, -0.25) is 18.9 Å². The van der Waals surface area contributed by atoms with Gasteiger partial charge in [-0.25, -0.2) is 4.57 Å². The number of phosphoric ester groups is 1. The fraction of sp³-hybridized carbons (Fsp3) is 0.886. The summed E-state index contributed by atoms with van der Waals surface area (Å²) in [5.41, 5.74) is 0. The number of rotatable bonds is 37. The second-order valence-electron chi connectivity index (χ2n) is 16.6. The van der Waals surface area contributed by atoms with Gasteiger partial charge in [-0.15, -0.1) is 0 Å². The molecule has 1 rings (SSSR count). The van der Waals surface area contributed by atoms with Crippen LogP contribution in [0, 0.1) is 17.8 Å². The van der Waals surface area contributed by atoms with Crippen LogP contribution in [0.2, 0.25) is 0 Å². The van der Waals surface area contributed by atoms with Gasteiger partial charge in [0.25, 0.3) is 0 Å². The Balaban J connectivity index is 2.26. The van der Waals surface area contributed by atoms with Gasteiger partial charge in [0.1, 0.15) is 12.4 Å². The molecule has 0 heterocycles. The fourth-order valence-electron chi connectivity index (χ4n) is 7.46. The molecule has 0 aliphatic heterocycles. The quantitative estimate of drug-likeness (QED) is 0.0172. The van der Waals surface area contributed by atoms with Crippen molar-refractivity contribution < 1.29 is 58.1 Å². The van der Waals surface area contributed by atoms with E-state index >= 15 is 0 Å². The molecular weight excluding hydrogens is 751 g/mol. The number of carbonyl (C=O) groups is 3. The maximum absolute atomic E-state index is 12.8. The molecule has 0 aromatic heterocycles. The van der Waals surface area contributed by atoms with Crippen LogP contribution in [0.3, 0.4) is 0 Å². The number of aliphatic hydroxyl groups is 3. The number of ketones is 1. The zero-order valence-corrected chi connectivity index (χ0v) is 36.6. The first-order valence-electron chi connectivity index (χ1n) is 22.5. The summed E-state index contributed by atoms with van der Waals surface area (Å²) in [7, 11) is -4.84. The molecule has 1 saturated carbocycles. The van der Waals surface area contributed by atoms with Crippen molar-refractivity contribution in [2.45, 2.75) is 219 Å². The third-order valence-corrected chi connectivity index (χ3v) is 11.8. The predicted molar refractivity (Wildman–Crippen MR) is 223 cm³/mol. The molecular formula is C44H81O12P. The number of hydrogen-bond donors (Lipinski definition) is 5. The minimum atomic E-state index is -4.84. The smallest absolute Gasteiger partial charge is 0.462 e. The first-order chi connectivity index (χ1) is 27.2. The average Bonchev–Trinajstić information content (AvgIpc) is 3.43. The van der Waals surface area contributed by atoms with Crippen LogP contribution in [-0.2, 0) is 32.9 Å². The van der Waals surface area contributed by atoms with Crippen molar-refractivity contribution in [3.8, 4) is 0 Å². The molecule has 0 radical (unpaired) electrons. The Labute approximate surface area is 344 Å². The molecule has 0 amide bonds. The summed E-state index contributed by atoms with van der Waals surface area (Å²) >= 11 is 0. The molecule has 0 spiro atoms. The summed E-state index contributed by atoms with van der Waals surface area (Å²) < 4.78 is 26.4. The van der Waals surface area contributed by atoms with Crippen molar-refractivity contribution in [1.82, 2.24) is 0 Å². The number of unbranched alkanes of at least 4 members (excludes halogenated alkanes) is 16. The number of phosphoric acid groups is 1. The number of aliphatic hydroxyl groups excluding tert-OH is 3. The Morgan fingerprint density at radius 2 is 1.23 bits per heavy atom. The average molecular weight is 833 g/mol. The van der Waals surface area contributed by atoms with Gasteiger partial charge < -0.3 is 34.6 Å². The van der Waals surface area contributed by atoms with E-state index in [-0.39, 0.29) is 37.9 Å². The maximum Gasteiger partial charge on any atom is 0.469 e. The first-order valence-corrected chi connectivity index (χ1v) is 24.1. The van der Waals surface area contributed by atoms with Gasteiger partial charge in [0, 0.05) is 43.9 Å². The van der Waals surface area contributed by atoms with Gasteiger partial charge >= 0.3 is 19.8 Å². The monoisotopic (exact) mass is 833 g/mol. The molecule has 1 fully saturated rings. The Morgan fingerprint density at radius 3 is 1.81 bits per heavy atom. The molecule has 1 aliphatic carbocycles. The molecule has 12 nitrogen and oxygen atoms in total. The summed E-state index contributed by atoms with van der Waals surface area (Å²) in [4.78, 5) is 55.9. The number of carbonyl (C=O) groups excluding carboxylic acids is 3. The summed E-state index contributed by atoms with van der Waals surface area (Å²) in [5, 5.41) is 31.2.